The summed E-state index contributed by atoms with van der Waals surface area (Å²) in [5, 5.41) is 7.19. The van der Waals surface area contributed by atoms with Crippen LogP contribution in [0.1, 0.15) is 50.7 Å². The number of rotatable bonds is 9. The Kier molecular flexibility index (Phi) is 9.40. The number of nitrogens with zero attached hydrogens (tertiary/aromatic N) is 5. The first-order valence-electron chi connectivity index (χ1n) is 12.0. The molecule has 0 aliphatic carbocycles. The van der Waals surface area contributed by atoms with Crippen molar-refractivity contribution in [1.82, 2.24) is 25.0 Å². The van der Waals surface area contributed by atoms with E-state index in [2.05, 4.69) is 51.2 Å². The molecule has 0 bridgehead atoms. The zero-order valence-corrected chi connectivity index (χ0v) is 20.4. The van der Waals surface area contributed by atoms with Gasteiger partial charge >= 0.3 is 0 Å². The van der Waals surface area contributed by atoms with Gasteiger partial charge in [0.15, 0.2) is 5.96 Å². The maximum Gasteiger partial charge on any atom is 0.193 e. The fourth-order valence-corrected chi connectivity index (χ4v) is 5.49. The highest BCUT2D eigenvalue weighted by Gasteiger charge is 2.27. The lowest BCUT2D eigenvalue weighted by Gasteiger charge is -2.32. The molecule has 1 aromatic heterocycles. The quantitative estimate of drug-likeness (QED) is 0.478. The molecule has 0 spiro atoms. The maximum atomic E-state index is 4.73. The number of piperidine rings is 1. The van der Waals surface area contributed by atoms with Crippen molar-refractivity contribution >= 4 is 17.3 Å². The summed E-state index contributed by atoms with van der Waals surface area (Å²) in [7, 11) is 1.93. The van der Waals surface area contributed by atoms with Gasteiger partial charge in [0, 0.05) is 45.2 Å². The average Bonchev–Trinajstić information content (AvgIpc) is 3.43. The molecular formula is C23H42N6S. The number of aliphatic imine (C=N–C) groups is 1. The smallest absolute Gasteiger partial charge is 0.193 e. The van der Waals surface area contributed by atoms with Crippen molar-refractivity contribution in [2.75, 3.05) is 59.4 Å². The molecule has 2 saturated heterocycles. The normalized spacial score (nSPS) is 21.7. The summed E-state index contributed by atoms with van der Waals surface area (Å²) < 4.78 is 0. The summed E-state index contributed by atoms with van der Waals surface area (Å²) in [5.41, 5.74) is 1.25. The summed E-state index contributed by atoms with van der Waals surface area (Å²) in [5.74, 6) is 2.62. The van der Waals surface area contributed by atoms with Gasteiger partial charge in [0.1, 0.15) is 0 Å². The minimum atomic E-state index is 0.744. The van der Waals surface area contributed by atoms with Gasteiger partial charge in [0.25, 0.3) is 0 Å². The van der Waals surface area contributed by atoms with E-state index in [1.807, 2.05) is 7.05 Å². The fourth-order valence-electron chi connectivity index (χ4n) is 4.75. The lowest BCUT2D eigenvalue weighted by atomic mass is 9.97. The van der Waals surface area contributed by atoms with Crippen LogP contribution < -0.4 is 5.32 Å². The molecule has 3 heterocycles. The van der Waals surface area contributed by atoms with Gasteiger partial charge in [-0.1, -0.05) is 20.8 Å². The van der Waals surface area contributed by atoms with Crippen molar-refractivity contribution in [3.05, 3.63) is 16.1 Å². The zero-order chi connectivity index (χ0) is 21.3. The van der Waals surface area contributed by atoms with Crippen molar-refractivity contribution < 1.29 is 0 Å². The SMILES string of the molecule is CCc1nc(CN2CCC(CNC(=NC)N3CCC(CN(CC)CC)C3)CC2)cs1. The summed E-state index contributed by atoms with van der Waals surface area (Å²) in [6.07, 6.45) is 4.86. The van der Waals surface area contributed by atoms with E-state index in [0.29, 0.717) is 0 Å². The van der Waals surface area contributed by atoms with Gasteiger partial charge in [-0.2, -0.15) is 0 Å². The second-order valence-electron chi connectivity index (χ2n) is 8.82. The van der Waals surface area contributed by atoms with Gasteiger partial charge in [0.2, 0.25) is 0 Å². The van der Waals surface area contributed by atoms with Crippen LogP contribution in [0.4, 0.5) is 0 Å². The average molecular weight is 435 g/mol. The molecule has 6 nitrogen and oxygen atoms in total. The van der Waals surface area contributed by atoms with E-state index >= 15 is 0 Å². The van der Waals surface area contributed by atoms with Crippen molar-refractivity contribution in [1.29, 1.82) is 0 Å². The molecule has 2 aliphatic heterocycles. The minimum Gasteiger partial charge on any atom is -0.356 e. The molecule has 30 heavy (non-hydrogen) atoms. The first-order valence-corrected chi connectivity index (χ1v) is 12.9. The molecule has 0 saturated carbocycles. The Bertz CT molecular complexity index is 648. The molecule has 0 aromatic carbocycles. The third-order valence-electron chi connectivity index (χ3n) is 6.75. The predicted octanol–water partition coefficient (Wildman–Crippen LogP) is 3.16. The molecule has 0 radical (unpaired) electrons. The second kappa shape index (κ2) is 12.0. The van der Waals surface area contributed by atoms with Crippen LogP contribution in [0.25, 0.3) is 0 Å². The largest absolute Gasteiger partial charge is 0.356 e. The van der Waals surface area contributed by atoms with E-state index in [0.717, 1.165) is 63.5 Å². The fraction of sp³-hybridized carbons (Fsp3) is 0.826. The summed E-state index contributed by atoms with van der Waals surface area (Å²) >= 11 is 1.80. The van der Waals surface area contributed by atoms with Crippen LogP contribution in [0.5, 0.6) is 0 Å². The number of guanidine groups is 1. The third kappa shape index (κ3) is 6.66. The highest BCUT2D eigenvalue weighted by atomic mass is 32.1. The number of hydrogen-bond acceptors (Lipinski definition) is 5. The Balaban J connectivity index is 1.37. The highest BCUT2D eigenvalue weighted by Crippen LogP contribution is 2.21. The van der Waals surface area contributed by atoms with E-state index in [-0.39, 0.29) is 0 Å². The number of hydrogen-bond donors (Lipinski definition) is 1. The van der Waals surface area contributed by atoms with E-state index in [1.165, 1.54) is 49.6 Å². The Morgan fingerprint density at radius 1 is 1.17 bits per heavy atom. The Morgan fingerprint density at radius 3 is 2.53 bits per heavy atom. The monoisotopic (exact) mass is 434 g/mol. The van der Waals surface area contributed by atoms with Crippen LogP contribution in [-0.2, 0) is 13.0 Å². The van der Waals surface area contributed by atoms with Crippen molar-refractivity contribution in [3.8, 4) is 0 Å². The van der Waals surface area contributed by atoms with Crippen molar-refractivity contribution in [3.63, 3.8) is 0 Å². The Morgan fingerprint density at radius 2 is 1.90 bits per heavy atom. The lowest BCUT2D eigenvalue weighted by molar-refractivity contribution is 0.176. The first-order chi connectivity index (χ1) is 14.6. The molecular weight excluding hydrogens is 392 g/mol. The minimum absolute atomic E-state index is 0.744. The van der Waals surface area contributed by atoms with Gasteiger partial charge < -0.3 is 15.1 Å². The van der Waals surface area contributed by atoms with E-state index < -0.39 is 0 Å². The number of likely N-dealkylation sites (tertiary alicyclic amines) is 2. The molecule has 1 aromatic rings. The molecule has 1 N–H and O–H groups in total. The molecule has 2 fully saturated rings. The van der Waals surface area contributed by atoms with Gasteiger partial charge in [-0.25, -0.2) is 4.98 Å². The van der Waals surface area contributed by atoms with Crippen molar-refractivity contribution in [2.24, 2.45) is 16.8 Å². The summed E-state index contributed by atoms with van der Waals surface area (Å²) in [6, 6.07) is 0. The maximum absolute atomic E-state index is 4.73. The molecule has 0 amide bonds. The van der Waals surface area contributed by atoms with Gasteiger partial charge in [-0.15, -0.1) is 11.3 Å². The van der Waals surface area contributed by atoms with Gasteiger partial charge in [0.05, 0.1) is 10.7 Å². The molecule has 2 aliphatic rings. The van der Waals surface area contributed by atoms with Crippen LogP contribution in [0.2, 0.25) is 0 Å². The van der Waals surface area contributed by atoms with Crippen LogP contribution in [0.3, 0.4) is 0 Å². The molecule has 1 unspecified atom stereocenters. The van der Waals surface area contributed by atoms with E-state index in [9.17, 15) is 0 Å². The highest BCUT2D eigenvalue weighted by molar-refractivity contribution is 7.09. The lowest BCUT2D eigenvalue weighted by Crippen LogP contribution is -2.44. The Hall–Kier alpha value is -1.18. The summed E-state index contributed by atoms with van der Waals surface area (Å²) in [4.78, 5) is 16.9. The van der Waals surface area contributed by atoms with E-state index in [1.54, 1.807) is 11.3 Å². The number of thiazole rings is 1. The molecule has 1 atom stereocenters. The van der Waals surface area contributed by atoms with Crippen molar-refractivity contribution in [2.45, 2.75) is 53.0 Å². The zero-order valence-electron chi connectivity index (χ0n) is 19.6. The van der Waals surface area contributed by atoms with Crippen LogP contribution in [-0.4, -0.2) is 85.0 Å². The Labute approximate surface area is 187 Å². The number of aryl methyl sites for hydroxylation is 1. The van der Waals surface area contributed by atoms with Crippen LogP contribution in [0, 0.1) is 11.8 Å². The standard InChI is InChI=1S/C23H42N6S/c1-5-22-26-21(18-30-22)17-28-11-8-19(9-12-28)14-25-23(24-4)29-13-10-20(16-29)15-27(6-2)7-3/h18-20H,5-17H2,1-4H3,(H,24,25). The number of aromatic nitrogens is 1. The topological polar surface area (TPSA) is 47.0 Å². The molecule has 3 rings (SSSR count). The third-order valence-corrected chi connectivity index (χ3v) is 7.79. The predicted molar refractivity (Wildman–Crippen MR) is 128 cm³/mol. The second-order valence-corrected chi connectivity index (χ2v) is 9.76. The van der Waals surface area contributed by atoms with E-state index in [4.69, 9.17) is 4.98 Å². The van der Waals surface area contributed by atoms with Gasteiger partial charge in [-0.3, -0.25) is 9.89 Å². The van der Waals surface area contributed by atoms with Gasteiger partial charge in [-0.05, 0) is 63.7 Å². The first kappa shape index (κ1) is 23.5. The number of nitrogens with one attached hydrogen (secondary N) is 1. The molecule has 170 valence electrons. The molecule has 7 heteroatoms. The summed E-state index contributed by atoms with van der Waals surface area (Å²) in [6.45, 7) is 16.9. The van der Waals surface area contributed by atoms with Crippen LogP contribution >= 0.6 is 11.3 Å². The van der Waals surface area contributed by atoms with Crippen LogP contribution in [0.15, 0.2) is 10.4 Å².